The lowest BCUT2D eigenvalue weighted by Crippen LogP contribution is -2.18. The van der Waals surface area contributed by atoms with Gasteiger partial charge in [-0.2, -0.15) is 0 Å². The third kappa shape index (κ3) is 4.01. The first-order valence-electron chi connectivity index (χ1n) is 2.42. The van der Waals surface area contributed by atoms with Crippen LogP contribution in [0.25, 0.3) is 0 Å². The van der Waals surface area contributed by atoms with Crippen LogP contribution in [0, 0.1) is 0 Å². The van der Waals surface area contributed by atoms with E-state index in [2.05, 4.69) is 10.7 Å². The molecule has 0 rings (SSSR count). The number of aliphatic hydroxyl groups is 2. The third-order valence-electron chi connectivity index (χ3n) is 0.751. The summed E-state index contributed by atoms with van der Waals surface area (Å²) in [5.74, 6) is 4.62. The van der Waals surface area contributed by atoms with Gasteiger partial charge in [-0.05, 0) is 6.42 Å². The lowest BCUT2D eigenvalue weighted by molar-refractivity contribution is 0.0238. The van der Waals surface area contributed by atoms with E-state index in [-0.39, 0.29) is 13.2 Å². The zero-order valence-electron chi connectivity index (χ0n) is 4.58. The molecule has 0 saturated carbocycles. The highest BCUT2D eigenvalue weighted by molar-refractivity contribution is 4.49. The Labute approximate surface area is 47.8 Å². The van der Waals surface area contributed by atoms with E-state index in [1.165, 1.54) is 0 Å². The summed E-state index contributed by atoms with van der Waals surface area (Å²) in [4.78, 5) is 4.10. The molecule has 0 aliphatic carbocycles. The summed E-state index contributed by atoms with van der Waals surface area (Å²) in [5, 5.41) is 16.9. The Balaban J connectivity index is 2.92. The van der Waals surface area contributed by atoms with E-state index in [0.717, 1.165) is 0 Å². The Kier molecular flexibility index (Phi) is 4.89. The van der Waals surface area contributed by atoms with Gasteiger partial charge in [0.15, 0.2) is 0 Å². The Bertz CT molecular complexity index is 44.5. The van der Waals surface area contributed by atoms with E-state index in [9.17, 15) is 0 Å². The SMILES string of the molecule is NOC[C@H](O)CCO. The van der Waals surface area contributed by atoms with Crippen LogP contribution in [0.1, 0.15) is 6.42 Å². The molecule has 0 aromatic heterocycles. The first-order chi connectivity index (χ1) is 3.81. The number of hydrogen-bond donors (Lipinski definition) is 3. The molecule has 4 nitrogen and oxygen atoms in total. The average molecular weight is 121 g/mol. The molecule has 4 heteroatoms. The van der Waals surface area contributed by atoms with Crippen molar-refractivity contribution in [2.24, 2.45) is 5.90 Å². The summed E-state index contributed by atoms with van der Waals surface area (Å²) in [7, 11) is 0. The Morgan fingerprint density at radius 2 is 2.25 bits per heavy atom. The molecule has 1 atom stereocenters. The maximum absolute atomic E-state index is 8.68. The van der Waals surface area contributed by atoms with Crippen molar-refractivity contribution in [2.45, 2.75) is 12.5 Å². The van der Waals surface area contributed by atoms with Crippen LogP contribution in [0.15, 0.2) is 0 Å². The van der Waals surface area contributed by atoms with Gasteiger partial charge in [0, 0.05) is 6.61 Å². The molecule has 0 aromatic carbocycles. The van der Waals surface area contributed by atoms with Crippen LogP contribution >= 0.6 is 0 Å². The second-order valence-corrected chi connectivity index (χ2v) is 1.50. The quantitative estimate of drug-likeness (QED) is 0.401. The summed E-state index contributed by atoms with van der Waals surface area (Å²) >= 11 is 0. The fraction of sp³-hybridized carbons (Fsp3) is 1.00. The minimum Gasteiger partial charge on any atom is -0.396 e. The first-order valence-corrected chi connectivity index (χ1v) is 2.42. The van der Waals surface area contributed by atoms with Crippen LogP contribution in [0.2, 0.25) is 0 Å². The van der Waals surface area contributed by atoms with Crippen molar-refractivity contribution in [1.82, 2.24) is 0 Å². The van der Waals surface area contributed by atoms with Crippen molar-refractivity contribution in [3.63, 3.8) is 0 Å². The van der Waals surface area contributed by atoms with Gasteiger partial charge in [0.25, 0.3) is 0 Å². The van der Waals surface area contributed by atoms with Crippen LogP contribution in [-0.2, 0) is 4.84 Å². The summed E-state index contributed by atoms with van der Waals surface area (Å²) in [6, 6.07) is 0. The standard InChI is InChI=1S/C4H11NO3/c5-8-3-4(7)1-2-6/h4,6-7H,1-3,5H2/t4-/m1/s1. The fourth-order valence-corrected chi connectivity index (χ4v) is 0.343. The molecule has 0 aromatic rings. The number of aliphatic hydroxyl groups excluding tert-OH is 2. The number of hydrogen-bond acceptors (Lipinski definition) is 4. The highest BCUT2D eigenvalue weighted by Crippen LogP contribution is 1.87. The zero-order valence-corrected chi connectivity index (χ0v) is 4.58. The Morgan fingerprint density at radius 1 is 1.62 bits per heavy atom. The summed E-state index contributed by atoms with van der Waals surface area (Å²) < 4.78 is 0. The molecular formula is C4H11NO3. The first kappa shape index (κ1) is 7.84. The summed E-state index contributed by atoms with van der Waals surface area (Å²) in [6.07, 6.45) is -0.318. The molecule has 4 N–H and O–H groups in total. The normalized spacial score (nSPS) is 13.9. The second-order valence-electron chi connectivity index (χ2n) is 1.50. The minimum absolute atomic E-state index is 0.0372. The molecule has 0 saturated heterocycles. The van der Waals surface area contributed by atoms with E-state index in [1.54, 1.807) is 0 Å². The van der Waals surface area contributed by atoms with Crippen molar-refractivity contribution in [1.29, 1.82) is 0 Å². The van der Waals surface area contributed by atoms with Crippen LogP contribution in [0.5, 0.6) is 0 Å². The van der Waals surface area contributed by atoms with Crippen molar-refractivity contribution in [3.8, 4) is 0 Å². The predicted octanol–water partition coefficient (Wildman–Crippen LogP) is -1.38. The van der Waals surface area contributed by atoms with Gasteiger partial charge in [0.2, 0.25) is 0 Å². The van der Waals surface area contributed by atoms with Gasteiger partial charge in [-0.15, -0.1) is 0 Å². The summed E-state index contributed by atoms with van der Waals surface area (Å²) in [6.45, 7) is 0.0467. The number of rotatable bonds is 4. The number of nitrogens with two attached hydrogens (primary N) is 1. The van der Waals surface area contributed by atoms with E-state index in [0.29, 0.717) is 6.42 Å². The lowest BCUT2D eigenvalue weighted by Gasteiger charge is -2.04. The molecule has 50 valence electrons. The molecule has 8 heavy (non-hydrogen) atoms. The van der Waals surface area contributed by atoms with Crippen LogP contribution in [-0.4, -0.2) is 29.5 Å². The molecular weight excluding hydrogens is 110 g/mol. The topological polar surface area (TPSA) is 75.7 Å². The van der Waals surface area contributed by atoms with Crippen molar-refractivity contribution in [2.75, 3.05) is 13.2 Å². The van der Waals surface area contributed by atoms with Gasteiger partial charge in [-0.25, -0.2) is 5.90 Å². The maximum Gasteiger partial charge on any atom is 0.0939 e. The van der Waals surface area contributed by atoms with E-state index >= 15 is 0 Å². The van der Waals surface area contributed by atoms with Gasteiger partial charge in [-0.3, -0.25) is 0 Å². The molecule has 0 spiro atoms. The zero-order chi connectivity index (χ0) is 6.41. The Hall–Kier alpha value is -0.160. The van der Waals surface area contributed by atoms with Gasteiger partial charge in [-0.1, -0.05) is 0 Å². The van der Waals surface area contributed by atoms with Crippen molar-refractivity contribution in [3.05, 3.63) is 0 Å². The average Bonchev–Trinajstić information content (AvgIpc) is 1.68. The molecule has 0 heterocycles. The van der Waals surface area contributed by atoms with E-state index in [1.807, 2.05) is 0 Å². The molecule has 0 fully saturated rings. The highest BCUT2D eigenvalue weighted by atomic mass is 16.6. The van der Waals surface area contributed by atoms with E-state index < -0.39 is 6.10 Å². The molecule has 0 amide bonds. The fourth-order valence-electron chi connectivity index (χ4n) is 0.343. The van der Waals surface area contributed by atoms with Crippen LogP contribution in [0.3, 0.4) is 0 Å². The van der Waals surface area contributed by atoms with Crippen molar-refractivity contribution >= 4 is 0 Å². The molecule has 0 unspecified atom stereocenters. The molecule has 0 aliphatic rings. The monoisotopic (exact) mass is 121 g/mol. The molecule has 0 bridgehead atoms. The molecule has 0 aliphatic heterocycles. The van der Waals surface area contributed by atoms with Crippen molar-refractivity contribution < 1.29 is 15.1 Å². The Morgan fingerprint density at radius 3 is 2.62 bits per heavy atom. The minimum atomic E-state index is -0.634. The summed E-state index contributed by atoms with van der Waals surface area (Å²) in [5.41, 5.74) is 0. The van der Waals surface area contributed by atoms with Crippen LogP contribution < -0.4 is 5.90 Å². The molecule has 0 radical (unpaired) electrons. The third-order valence-corrected chi connectivity index (χ3v) is 0.751. The predicted molar refractivity (Wildman–Crippen MR) is 27.8 cm³/mol. The van der Waals surface area contributed by atoms with Gasteiger partial charge < -0.3 is 15.1 Å². The largest absolute Gasteiger partial charge is 0.396 e. The van der Waals surface area contributed by atoms with Crippen LogP contribution in [0.4, 0.5) is 0 Å². The second kappa shape index (κ2) is 4.99. The van der Waals surface area contributed by atoms with Gasteiger partial charge >= 0.3 is 0 Å². The van der Waals surface area contributed by atoms with Gasteiger partial charge in [0.05, 0.1) is 12.7 Å². The smallest absolute Gasteiger partial charge is 0.0939 e. The lowest BCUT2D eigenvalue weighted by atomic mass is 10.3. The van der Waals surface area contributed by atoms with Gasteiger partial charge in [0.1, 0.15) is 0 Å². The van der Waals surface area contributed by atoms with E-state index in [4.69, 9.17) is 10.2 Å². The maximum atomic E-state index is 8.68. The highest BCUT2D eigenvalue weighted by Gasteiger charge is 1.99.